The van der Waals surface area contributed by atoms with Crippen molar-refractivity contribution in [2.45, 2.75) is 52.1 Å². The molecule has 3 nitrogen and oxygen atoms in total. The molecule has 1 atom stereocenters. The Bertz CT molecular complexity index is 514. The van der Waals surface area contributed by atoms with E-state index in [-0.39, 0.29) is 0 Å². The van der Waals surface area contributed by atoms with E-state index >= 15 is 0 Å². The molecule has 1 saturated carbocycles. The van der Waals surface area contributed by atoms with Gasteiger partial charge in [0.25, 0.3) is 0 Å². The second kappa shape index (κ2) is 5.22. The highest BCUT2D eigenvalue weighted by Gasteiger charge is 2.33. The molecule has 0 aromatic heterocycles. The summed E-state index contributed by atoms with van der Waals surface area (Å²) in [4.78, 5) is 0. The molecule has 0 aliphatic heterocycles. The van der Waals surface area contributed by atoms with Crippen LogP contribution in [0.2, 0.25) is 0 Å². The third kappa shape index (κ3) is 3.27. The predicted octanol–water partition coefficient (Wildman–Crippen LogP) is 3.02. The zero-order chi connectivity index (χ0) is 14.0. The summed E-state index contributed by atoms with van der Waals surface area (Å²) in [5.74, 6) is 0.916. The standard InChI is InChI=1S/C16H22N2O/c1-11-5-6-12(2)15(13(11)3)19-10-16(4,9-17)18-14-7-8-14/h5-6,14,18H,7-8,10H2,1-4H3. The fourth-order valence-electron chi connectivity index (χ4n) is 2.15. The summed E-state index contributed by atoms with van der Waals surface area (Å²) < 4.78 is 5.95. The van der Waals surface area contributed by atoms with Crippen LogP contribution >= 0.6 is 0 Å². The summed E-state index contributed by atoms with van der Waals surface area (Å²) in [6, 6.07) is 7.00. The maximum atomic E-state index is 9.34. The minimum atomic E-state index is -0.607. The van der Waals surface area contributed by atoms with Crippen molar-refractivity contribution >= 4 is 0 Å². The monoisotopic (exact) mass is 258 g/mol. The number of nitrogens with zero attached hydrogens (tertiary/aromatic N) is 1. The van der Waals surface area contributed by atoms with Crippen molar-refractivity contribution in [1.82, 2.24) is 5.32 Å². The van der Waals surface area contributed by atoms with Crippen LogP contribution in [0.15, 0.2) is 12.1 Å². The van der Waals surface area contributed by atoms with E-state index in [1.807, 2.05) is 13.8 Å². The Morgan fingerprint density at radius 2 is 1.95 bits per heavy atom. The summed E-state index contributed by atoms with van der Waals surface area (Å²) >= 11 is 0. The van der Waals surface area contributed by atoms with Crippen molar-refractivity contribution < 1.29 is 4.74 Å². The van der Waals surface area contributed by atoms with Gasteiger partial charge in [-0.25, -0.2) is 0 Å². The first-order valence-corrected chi connectivity index (χ1v) is 6.84. The number of aryl methyl sites for hydroxylation is 2. The molecule has 3 heteroatoms. The van der Waals surface area contributed by atoms with E-state index in [0.717, 1.165) is 16.9 Å². The van der Waals surface area contributed by atoms with Crippen molar-refractivity contribution in [3.05, 3.63) is 28.8 Å². The van der Waals surface area contributed by atoms with E-state index in [1.165, 1.54) is 18.4 Å². The molecule has 19 heavy (non-hydrogen) atoms. The lowest BCUT2D eigenvalue weighted by atomic mass is 10.0. The number of rotatable bonds is 5. The smallest absolute Gasteiger partial charge is 0.138 e. The summed E-state index contributed by atoms with van der Waals surface area (Å²) in [6.07, 6.45) is 2.33. The van der Waals surface area contributed by atoms with E-state index in [0.29, 0.717) is 12.6 Å². The Kier molecular flexibility index (Phi) is 3.82. The van der Waals surface area contributed by atoms with E-state index in [2.05, 4.69) is 37.4 Å². The number of hydrogen-bond acceptors (Lipinski definition) is 3. The fourth-order valence-corrected chi connectivity index (χ4v) is 2.15. The second-order valence-corrected chi connectivity index (χ2v) is 5.80. The Hall–Kier alpha value is -1.53. The van der Waals surface area contributed by atoms with Crippen molar-refractivity contribution in [2.24, 2.45) is 0 Å². The lowest BCUT2D eigenvalue weighted by Gasteiger charge is -2.25. The average Bonchev–Trinajstić information content (AvgIpc) is 3.18. The number of hydrogen-bond donors (Lipinski definition) is 1. The van der Waals surface area contributed by atoms with Crippen LogP contribution in [0, 0.1) is 32.1 Å². The van der Waals surface area contributed by atoms with Gasteiger partial charge in [0.1, 0.15) is 17.9 Å². The molecule has 0 spiro atoms. The van der Waals surface area contributed by atoms with Crippen molar-refractivity contribution in [1.29, 1.82) is 5.26 Å². The molecule has 1 aromatic rings. The summed E-state index contributed by atoms with van der Waals surface area (Å²) in [5, 5.41) is 12.7. The van der Waals surface area contributed by atoms with Gasteiger partial charge in [0.05, 0.1) is 6.07 Å². The Morgan fingerprint density at radius 1 is 1.32 bits per heavy atom. The molecule has 1 aliphatic carbocycles. The van der Waals surface area contributed by atoms with Crippen LogP contribution in [-0.4, -0.2) is 18.2 Å². The molecule has 0 amide bonds. The molecule has 102 valence electrons. The third-order valence-electron chi connectivity index (χ3n) is 3.73. The Balaban J connectivity index is 2.09. The van der Waals surface area contributed by atoms with Crippen LogP contribution in [0.4, 0.5) is 0 Å². The van der Waals surface area contributed by atoms with Crippen LogP contribution in [0.1, 0.15) is 36.5 Å². The van der Waals surface area contributed by atoms with Crippen LogP contribution in [0.25, 0.3) is 0 Å². The van der Waals surface area contributed by atoms with Crippen LogP contribution in [0.5, 0.6) is 5.75 Å². The van der Waals surface area contributed by atoms with Gasteiger partial charge in [-0.2, -0.15) is 5.26 Å². The minimum absolute atomic E-state index is 0.380. The molecular weight excluding hydrogens is 236 g/mol. The lowest BCUT2D eigenvalue weighted by Crippen LogP contribution is -2.47. The van der Waals surface area contributed by atoms with Crippen molar-refractivity contribution in [3.63, 3.8) is 0 Å². The minimum Gasteiger partial charge on any atom is -0.490 e. The molecule has 1 N–H and O–H groups in total. The highest BCUT2D eigenvalue weighted by Crippen LogP contribution is 2.27. The zero-order valence-electron chi connectivity index (χ0n) is 12.2. The first-order valence-electron chi connectivity index (χ1n) is 6.84. The average molecular weight is 258 g/mol. The molecule has 0 heterocycles. The van der Waals surface area contributed by atoms with E-state index in [4.69, 9.17) is 4.74 Å². The van der Waals surface area contributed by atoms with E-state index < -0.39 is 5.54 Å². The maximum Gasteiger partial charge on any atom is 0.138 e. The summed E-state index contributed by atoms with van der Waals surface area (Å²) in [6.45, 7) is 8.47. The fraction of sp³-hybridized carbons (Fsp3) is 0.562. The maximum absolute atomic E-state index is 9.34. The Labute approximate surface area is 115 Å². The predicted molar refractivity (Wildman–Crippen MR) is 76.3 cm³/mol. The second-order valence-electron chi connectivity index (χ2n) is 5.80. The lowest BCUT2D eigenvalue weighted by molar-refractivity contribution is 0.230. The zero-order valence-corrected chi connectivity index (χ0v) is 12.2. The van der Waals surface area contributed by atoms with Gasteiger partial charge in [-0.3, -0.25) is 5.32 Å². The molecule has 2 rings (SSSR count). The third-order valence-corrected chi connectivity index (χ3v) is 3.73. The van der Waals surface area contributed by atoms with E-state index in [9.17, 15) is 5.26 Å². The highest BCUT2D eigenvalue weighted by molar-refractivity contribution is 5.44. The molecule has 0 saturated heterocycles. The van der Waals surface area contributed by atoms with Crippen LogP contribution < -0.4 is 10.1 Å². The van der Waals surface area contributed by atoms with Gasteiger partial charge in [0.15, 0.2) is 0 Å². The van der Waals surface area contributed by atoms with Crippen molar-refractivity contribution in [3.8, 4) is 11.8 Å². The number of benzene rings is 1. The number of nitrogens with one attached hydrogen (secondary N) is 1. The van der Waals surface area contributed by atoms with Gasteiger partial charge in [-0.1, -0.05) is 12.1 Å². The molecule has 1 unspecified atom stereocenters. The molecule has 0 radical (unpaired) electrons. The SMILES string of the molecule is Cc1ccc(C)c(OCC(C)(C#N)NC2CC2)c1C. The van der Waals surface area contributed by atoms with Crippen LogP contribution in [0.3, 0.4) is 0 Å². The molecular formula is C16H22N2O. The van der Waals surface area contributed by atoms with Gasteiger partial charge in [0.2, 0.25) is 0 Å². The first-order chi connectivity index (χ1) is 8.95. The topological polar surface area (TPSA) is 45.0 Å². The molecule has 1 fully saturated rings. The molecule has 1 aromatic carbocycles. The quantitative estimate of drug-likeness (QED) is 0.883. The normalized spacial score (nSPS) is 17.6. The van der Waals surface area contributed by atoms with Gasteiger partial charge < -0.3 is 4.74 Å². The van der Waals surface area contributed by atoms with Crippen LogP contribution in [-0.2, 0) is 0 Å². The van der Waals surface area contributed by atoms with E-state index in [1.54, 1.807) is 0 Å². The van der Waals surface area contributed by atoms with Gasteiger partial charge in [0, 0.05) is 6.04 Å². The molecule has 0 bridgehead atoms. The van der Waals surface area contributed by atoms with Crippen molar-refractivity contribution in [2.75, 3.05) is 6.61 Å². The number of ether oxygens (including phenoxy) is 1. The van der Waals surface area contributed by atoms with Gasteiger partial charge in [-0.15, -0.1) is 0 Å². The van der Waals surface area contributed by atoms with Gasteiger partial charge >= 0.3 is 0 Å². The largest absolute Gasteiger partial charge is 0.490 e. The number of nitriles is 1. The summed E-state index contributed by atoms with van der Waals surface area (Å²) in [5.41, 5.74) is 2.89. The Morgan fingerprint density at radius 3 is 2.53 bits per heavy atom. The van der Waals surface area contributed by atoms with Gasteiger partial charge in [-0.05, 0) is 57.2 Å². The molecule has 1 aliphatic rings. The highest BCUT2D eigenvalue weighted by atomic mass is 16.5. The first kappa shape index (κ1) is 13.9. The summed E-state index contributed by atoms with van der Waals surface area (Å²) in [7, 11) is 0.